The highest BCUT2D eigenvalue weighted by atomic mass is 79.9. The van der Waals surface area contributed by atoms with Crippen LogP contribution in [-0.4, -0.2) is 4.98 Å². The van der Waals surface area contributed by atoms with Crippen molar-refractivity contribution in [2.24, 2.45) is 0 Å². The number of aromatic nitrogens is 1. The smallest absolute Gasteiger partial charge is 0.141 e. The molecule has 0 aliphatic heterocycles. The summed E-state index contributed by atoms with van der Waals surface area (Å²) >= 11 is 6.41. The summed E-state index contributed by atoms with van der Waals surface area (Å²) in [4.78, 5) is 4.02. The average molecular weight is 361 g/mol. The Balaban J connectivity index is 2.05. The molecule has 0 spiro atoms. The molecule has 0 saturated carbocycles. The molecule has 0 bridgehead atoms. The lowest BCUT2D eigenvalue weighted by Crippen LogP contribution is -1.96. The standard InChI is InChI=1S/C12H8Br2FNO/c13-9-3-8(5-16-6-9)7-17-10-1-2-11(14)12(15)4-10/h1-6H,7H2. The minimum Gasteiger partial charge on any atom is -0.489 e. The third kappa shape index (κ3) is 3.51. The molecule has 0 saturated heterocycles. The molecule has 2 aromatic rings. The molecule has 0 unspecified atom stereocenters. The van der Waals surface area contributed by atoms with Gasteiger partial charge in [0.05, 0.1) is 4.47 Å². The number of nitrogens with zero attached hydrogens (tertiary/aromatic N) is 1. The SMILES string of the molecule is Fc1cc(OCc2cncc(Br)c2)ccc1Br. The molecule has 0 aliphatic rings. The Morgan fingerprint density at radius 3 is 2.71 bits per heavy atom. The Morgan fingerprint density at radius 2 is 2.00 bits per heavy atom. The molecule has 1 aromatic heterocycles. The predicted molar refractivity (Wildman–Crippen MR) is 70.4 cm³/mol. The number of ether oxygens (including phenoxy) is 1. The minimum absolute atomic E-state index is 0.338. The van der Waals surface area contributed by atoms with Crippen LogP contribution in [0.3, 0.4) is 0 Å². The molecule has 2 rings (SSSR count). The van der Waals surface area contributed by atoms with Crippen LogP contribution in [-0.2, 0) is 6.61 Å². The van der Waals surface area contributed by atoms with Crippen LogP contribution in [0.2, 0.25) is 0 Å². The summed E-state index contributed by atoms with van der Waals surface area (Å²) in [7, 11) is 0. The van der Waals surface area contributed by atoms with Gasteiger partial charge in [-0.05, 0) is 50.1 Å². The Kier molecular flexibility index (Phi) is 4.12. The number of hydrogen-bond donors (Lipinski definition) is 0. The molecule has 0 aliphatic carbocycles. The minimum atomic E-state index is -0.338. The van der Waals surface area contributed by atoms with E-state index in [1.807, 2.05) is 6.07 Å². The van der Waals surface area contributed by atoms with Crippen LogP contribution in [0.5, 0.6) is 5.75 Å². The second-order valence-electron chi connectivity index (χ2n) is 3.38. The van der Waals surface area contributed by atoms with Crippen molar-refractivity contribution in [3.63, 3.8) is 0 Å². The average Bonchev–Trinajstić information content (AvgIpc) is 2.31. The van der Waals surface area contributed by atoms with Crippen LogP contribution in [0.25, 0.3) is 0 Å². The van der Waals surface area contributed by atoms with E-state index in [9.17, 15) is 4.39 Å². The number of halogens is 3. The lowest BCUT2D eigenvalue weighted by atomic mass is 10.3. The molecule has 0 N–H and O–H groups in total. The lowest BCUT2D eigenvalue weighted by Gasteiger charge is -2.06. The molecule has 5 heteroatoms. The van der Waals surface area contributed by atoms with Gasteiger partial charge in [-0.2, -0.15) is 0 Å². The van der Waals surface area contributed by atoms with Gasteiger partial charge in [-0.15, -0.1) is 0 Å². The number of benzene rings is 1. The normalized spacial score (nSPS) is 10.3. The van der Waals surface area contributed by atoms with E-state index in [1.165, 1.54) is 6.07 Å². The summed E-state index contributed by atoms with van der Waals surface area (Å²) in [6, 6.07) is 6.57. The highest BCUT2D eigenvalue weighted by Crippen LogP contribution is 2.21. The highest BCUT2D eigenvalue weighted by molar-refractivity contribution is 9.10. The fourth-order valence-electron chi connectivity index (χ4n) is 1.27. The van der Waals surface area contributed by atoms with Crippen LogP contribution in [0.4, 0.5) is 4.39 Å². The first-order chi connectivity index (χ1) is 8.15. The molecule has 17 heavy (non-hydrogen) atoms. The molecular formula is C12H8Br2FNO. The van der Waals surface area contributed by atoms with Crippen molar-refractivity contribution in [2.45, 2.75) is 6.61 Å². The first-order valence-electron chi connectivity index (χ1n) is 4.82. The topological polar surface area (TPSA) is 22.1 Å². The van der Waals surface area contributed by atoms with Crippen molar-refractivity contribution in [3.05, 3.63) is 57.0 Å². The van der Waals surface area contributed by atoms with Crippen LogP contribution in [0.15, 0.2) is 45.6 Å². The Labute approximate surface area is 115 Å². The molecule has 0 fully saturated rings. The fourth-order valence-corrected chi connectivity index (χ4v) is 1.93. The molecule has 2 nitrogen and oxygen atoms in total. The Hall–Kier alpha value is -0.940. The largest absolute Gasteiger partial charge is 0.489 e. The van der Waals surface area contributed by atoms with Crippen molar-refractivity contribution < 1.29 is 9.13 Å². The van der Waals surface area contributed by atoms with E-state index in [0.717, 1.165) is 10.0 Å². The zero-order chi connectivity index (χ0) is 12.3. The summed E-state index contributed by atoms with van der Waals surface area (Å²) in [5, 5.41) is 0. The van der Waals surface area contributed by atoms with Gasteiger partial charge in [0.1, 0.15) is 18.2 Å². The number of rotatable bonds is 3. The van der Waals surface area contributed by atoms with Gasteiger partial charge >= 0.3 is 0 Å². The van der Waals surface area contributed by atoms with Crippen LogP contribution in [0.1, 0.15) is 5.56 Å². The maximum atomic E-state index is 13.2. The van der Waals surface area contributed by atoms with Gasteiger partial charge in [-0.25, -0.2) is 4.39 Å². The van der Waals surface area contributed by atoms with Crippen molar-refractivity contribution in [3.8, 4) is 5.75 Å². The van der Waals surface area contributed by atoms with Crippen molar-refractivity contribution >= 4 is 31.9 Å². The second kappa shape index (κ2) is 5.60. The van der Waals surface area contributed by atoms with E-state index in [1.54, 1.807) is 24.5 Å². The Bertz CT molecular complexity index is 534. The molecule has 0 amide bonds. The summed E-state index contributed by atoms with van der Waals surface area (Å²) < 4.78 is 20.0. The van der Waals surface area contributed by atoms with Crippen LogP contribution in [0, 0.1) is 5.82 Å². The molecular weight excluding hydrogens is 353 g/mol. The first-order valence-corrected chi connectivity index (χ1v) is 6.41. The quantitative estimate of drug-likeness (QED) is 0.812. The summed E-state index contributed by atoms with van der Waals surface area (Å²) in [6.45, 7) is 0.355. The van der Waals surface area contributed by atoms with Crippen molar-refractivity contribution in [2.75, 3.05) is 0 Å². The molecule has 0 atom stereocenters. The molecule has 0 radical (unpaired) electrons. The third-order valence-electron chi connectivity index (χ3n) is 2.06. The Morgan fingerprint density at radius 1 is 1.18 bits per heavy atom. The zero-order valence-electron chi connectivity index (χ0n) is 8.66. The highest BCUT2D eigenvalue weighted by Gasteiger charge is 2.02. The van der Waals surface area contributed by atoms with E-state index in [-0.39, 0.29) is 5.82 Å². The first kappa shape index (κ1) is 12.5. The summed E-state index contributed by atoms with van der Waals surface area (Å²) in [5.74, 6) is 0.153. The fraction of sp³-hybridized carbons (Fsp3) is 0.0833. The maximum Gasteiger partial charge on any atom is 0.141 e. The number of hydrogen-bond acceptors (Lipinski definition) is 2. The van der Waals surface area contributed by atoms with E-state index >= 15 is 0 Å². The zero-order valence-corrected chi connectivity index (χ0v) is 11.8. The van der Waals surface area contributed by atoms with Gasteiger partial charge in [0.25, 0.3) is 0 Å². The van der Waals surface area contributed by atoms with Crippen molar-refractivity contribution in [1.29, 1.82) is 0 Å². The third-order valence-corrected chi connectivity index (χ3v) is 3.13. The lowest BCUT2D eigenvalue weighted by molar-refractivity contribution is 0.304. The molecule has 1 aromatic carbocycles. The van der Waals surface area contributed by atoms with Gasteiger partial charge in [-0.3, -0.25) is 4.98 Å². The van der Waals surface area contributed by atoms with Gasteiger partial charge in [0, 0.05) is 28.5 Å². The van der Waals surface area contributed by atoms with Crippen LogP contribution >= 0.6 is 31.9 Å². The van der Waals surface area contributed by atoms with Crippen LogP contribution < -0.4 is 4.74 Å². The van der Waals surface area contributed by atoms with Crippen molar-refractivity contribution in [1.82, 2.24) is 4.98 Å². The van der Waals surface area contributed by atoms with Gasteiger partial charge < -0.3 is 4.74 Å². The van der Waals surface area contributed by atoms with Gasteiger partial charge in [0.2, 0.25) is 0 Å². The monoisotopic (exact) mass is 359 g/mol. The van der Waals surface area contributed by atoms with E-state index in [0.29, 0.717) is 16.8 Å². The number of pyridine rings is 1. The molecule has 1 heterocycles. The van der Waals surface area contributed by atoms with E-state index in [2.05, 4.69) is 36.8 Å². The molecule has 88 valence electrons. The predicted octanol–water partition coefficient (Wildman–Crippen LogP) is 4.32. The summed E-state index contributed by atoms with van der Waals surface area (Å²) in [5.41, 5.74) is 0.919. The van der Waals surface area contributed by atoms with Gasteiger partial charge in [0.15, 0.2) is 0 Å². The maximum absolute atomic E-state index is 13.2. The summed E-state index contributed by atoms with van der Waals surface area (Å²) in [6.07, 6.45) is 3.41. The van der Waals surface area contributed by atoms with E-state index < -0.39 is 0 Å². The second-order valence-corrected chi connectivity index (χ2v) is 5.15. The van der Waals surface area contributed by atoms with E-state index in [4.69, 9.17) is 4.74 Å². The van der Waals surface area contributed by atoms with Gasteiger partial charge in [-0.1, -0.05) is 0 Å².